The molecular formula is C11H18N2O. The van der Waals surface area contributed by atoms with Crippen LogP contribution in [-0.4, -0.2) is 11.4 Å². The number of carbonyl (C=O) groups is 1. The van der Waals surface area contributed by atoms with Crippen molar-refractivity contribution in [3.8, 4) is 6.07 Å². The molecule has 3 nitrogen and oxygen atoms in total. The van der Waals surface area contributed by atoms with E-state index in [1.54, 1.807) is 13.0 Å². The summed E-state index contributed by atoms with van der Waals surface area (Å²) in [6.45, 7) is 7.58. The fourth-order valence-electron chi connectivity index (χ4n) is 0.885. The van der Waals surface area contributed by atoms with Gasteiger partial charge in [0.15, 0.2) is 0 Å². The normalized spacial score (nSPS) is 12.1. The van der Waals surface area contributed by atoms with Crippen molar-refractivity contribution in [2.24, 2.45) is 0 Å². The Morgan fingerprint density at radius 3 is 2.50 bits per heavy atom. The fraction of sp³-hybridized carbons (Fsp3) is 0.636. The largest absolute Gasteiger partial charge is 0.348 e. The van der Waals surface area contributed by atoms with Crippen LogP contribution in [0, 0.1) is 11.3 Å². The van der Waals surface area contributed by atoms with Crippen LogP contribution in [-0.2, 0) is 4.79 Å². The smallest absolute Gasteiger partial charge is 0.246 e. The number of hydrogen-bond donors (Lipinski definition) is 1. The zero-order valence-corrected chi connectivity index (χ0v) is 9.35. The lowest BCUT2D eigenvalue weighted by Crippen LogP contribution is -2.40. The van der Waals surface area contributed by atoms with E-state index in [0.29, 0.717) is 18.4 Å². The number of amides is 1. The summed E-state index contributed by atoms with van der Waals surface area (Å²) in [5.41, 5.74) is 0.469. The maximum Gasteiger partial charge on any atom is 0.246 e. The summed E-state index contributed by atoms with van der Waals surface area (Å²) in [6.07, 6.45) is 2.89. The molecule has 0 bridgehead atoms. The second-order valence-electron chi connectivity index (χ2n) is 4.29. The molecule has 0 saturated carbocycles. The molecule has 3 heteroatoms. The van der Waals surface area contributed by atoms with Gasteiger partial charge in [-0.1, -0.05) is 6.08 Å². The summed E-state index contributed by atoms with van der Waals surface area (Å²) in [7, 11) is 0. The standard InChI is InChI=1S/C11H18N2O/c1-9(7-5-6-8-12)10(14)13-11(2,3)4/h7H,5-6H2,1-4H3,(H,13,14)/b9-7+. The predicted molar refractivity (Wildman–Crippen MR) is 56.5 cm³/mol. The molecule has 0 aliphatic heterocycles. The van der Waals surface area contributed by atoms with E-state index in [0.717, 1.165) is 0 Å². The molecule has 0 unspecified atom stereocenters. The molecule has 0 heterocycles. The van der Waals surface area contributed by atoms with Crippen molar-refractivity contribution in [2.75, 3.05) is 0 Å². The molecule has 0 aliphatic rings. The Labute approximate surface area is 85.8 Å². The molecule has 0 spiro atoms. The molecule has 1 N–H and O–H groups in total. The highest BCUT2D eigenvalue weighted by Crippen LogP contribution is 2.03. The quantitative estimate of drug-likeness (QED) is 0.553. The Balaban J connectivity index is 4.13. The van der Waals surface area contributed by atoms with E-state index < -0.39 is 0 Å². The third-order valence-corrected chi connectivity index (χ3v) is 1.55. The van der Waals surface area contributed by atoms with Gasteiger partial charge in [-0.25, -0.2) is 0 Å². The first kappa shape index (κ1) is 12.7. The first-order valence-corrected chi connectivity index (χ1v) is 4.73. The average Bonchev–Trinajstić information content (AvgIpc) is 2.01. The fourth-order valence-corrected chi connectivity index (χ4v) is 0.885. The monoisotopic (exact) mass is 194 g/mol. The number of nitrogens with zero attached hydrogens (tertiary/aromatic N) is 1. The molecule has 0 aliphatic carbocycles. The molecule has 0 fully saturated rings. The van der Waals surface area contributed by atoms with E-state index >= 15 is 0 Å². The number of allylic oxidation sites excluding steroid dienone is 1. The highest BCUT2D eigenvalue weighted by atomic mass is 16.1. The van der Waals surface area contributed by atoms with Crippen LogP contribution in [0.4, 0.5) is 0 Å². The van der Waals surface area contributed by atoms with E-state index in [9.17, 15) is 4.79 Å². The van der Waals surface area contributed by atoms with Crippen molar-refractivity contribution in [3.05, 3.63) is 11.6 Å². The molecule has 78 valence electrons. The van der Waals surface area contributed by atoms with E-state index in [1.807, 2.05) is 26.8 Å². The topological polar surface area (TPSA) is 52.9 Å². The molecule has 14 heavy (non-hydrogen) atoms. The van der Waals surface area contributed by atoms with Crippen molar-refractivity contribution in [1.82, 2.24) is 5.32 Å². The Hall–Kier alpha value is -1.30. The summed E-state index contributed by atoms with van der Waals surface area (Å²) < 4.78 is 0. The van der Waals surface area contributed by atoms with Gasteiger partial charge in [-0.15, -0.1) is 0 Å². The SMILES string of the molecule is C/C(=C\CCC#N)C(=O)NC(C)(C)C. The van der Waals surface area contributed by atoms with E-state index in [2.05, 4.69) is 5.32 Å². The van der Waals surface area contributed by atoms with E-state index in [-0.39, 0.29) is 11.4 Å². The zero-order valence-electron chi connectivity index (χ0n) is 9.35. The van der Waals surface area contributed by atoms with Crippen LogP contribution in [0.15, 0.2) is 11.6 Å². The molecule has 0 aromatic carbocycles. The van der Waals surface area contributed by atoms with Crippen LogP contribution in [0.5, 0.6) is 0 Å². The van der Waals surface area contributed by atoms with Crippen molar-refractivity contribution in [2.45, 2.75) is 46.1 Å². The van der Waals surface area contributed by atoms with Gasteiger partial charge < -0.3 is 5.32 Å². The second kappa shape index (κ2) is 5.43. The number of hydrogen-bond acceptors (Lipinski definition) is 2. The minimum atomic E-state index is -0.207. The number of nitriles is 1. The predicted octanol–water partition coefficient (Wildman–Crippen LogP) is 2.15. The first-order valence-electron chi connectivity index (χ1n) is 4.73. The third kappa shape index (κ3) is 6.24. The third-order valence-electron chi connectivity index (χ3n) is 1.55. The van der Waals surface area contributed by atoms with Crippen molar-refractivity contribution in [1.29, 1.82) is 5.26 Å². The molecule has 0 atom stereocenters. The number of carbonyl (C=O) groups excluding carboxylic acids is 1. The Bertz CT molecular complexity index is 266. The highest BCUT2D eigenvalue weighted by molar-refractivity contribution is 5.93. The summed E-state index contributed by atoms with van der Waals surface area (Å²) in [5, 5.41) is 11.2. The minimum Gasteiger partial charge on any atom is -0.348 e. The van der Waals surface area contributed by atoms with Crippen molar-refractivity contribution < 1.29 is 4.79 Å². The Morgan fingerprint density at radius 2 is 2.07 bits per heavy atom. The number of unbranched alkanes of at least 4 members (excludes halogenated alkanes) is 1. The highest BCUT2D eigenvalue weighted by Gasteiger charge is 2.14. The van der Waals surface area contributed by atoms with Gasteiger partial charge in [-0.2, -0.15) is 5.26 Å². The van der Waals surface area contributed by atoms with Crippen LogP contribution in [0.1, 0.15) is 40.5 Å². The van der Waals surface area contributed by atoms with Gasteiger partial charge in [-0.05, 0) is 34.1 Å². The molecule has 0 radical (unpaired) electrons. The summed E-state index contributed by atoms with van der Waals surface area (Å²) in [6, 6.07) is 2.03. The van der Waals surface area contributed by atoms with E-state index in [4.69, 9.17) is 5.26 Å². The van der Waals surface area contributed by atoms with Gasteiger partial charge in [-0.3, -0.25) is 4.79 Å². The van der Waals surface area contributed by atoms with E-state index in [1.165, 1.54) is 0 Å². The maximum absolute atomic E-state index is 11.5. The summed E-state index contributed by atoms with van der Waals surface area (Å²) in [5.74, 6) is -0.0598. The van der Waals surface area contributed by atoms with Gasteiger partial charge in [0.2, 0.25) is 5.91 Å². The lowest BCUT2D eigenvalue weighted by atomic mass is 10.1. The summed E-state index contributed by atoms with van der Waals surface area (Å²) in [4.78, 5) is 11.5. The van der Waals surface area contributed by atoms with Crippen LogP contribution in [0.3, 0.4) is 0 Å². The molecule has 0 rings (SSSR count). The lowest BCUT2D eigenvalue weighted by molar-refractivity contribution is -0.118. The lowest BCUT2D eigenvalue weighted by Gasteiger charge is -2.20. The zero-order chi connectivity index (χ0) is 11.2. The van der Waals surface area contributed by atoms with Crippen LogP contribution in [0.2, 0.25) is 0 Å². The molecular weight excluding hydrogens is 176 g/mol. The molecule has 0 aromatic heterocycles. The van der Waals surface area contributed by atoms with Gasteiger partial charge >= 0.3 is 0 Å². The average molecular weight is 194 g/mol. The van der Waals surface area contributed by atoms with Crippen molar-refractivity contribution >= 4 is 5.91 Å². The second-order valence-corrected chi connectivity index (χ2v) is 4.29. The van der Waals surface area contributed by atoms with Crippen molar-refractivity contribution in [3.63, 3.8) is 0 Å². The Kier molecular flexibility index (Phi) is 4.93. The first-order chi connectivity index (χ1) is 6.37. The Morgan fingerprint density at radius 1 is 1.50 bits per heavy atom. The van der Waals surface area contributed by atoms with Crippen LogP contribution >= 0.6 is 0 Å². The van der Waals surface area contributed by atoms with Crippen LogP contribution < -0.4 is 5.32 Å². The number of nitrogens with one attached hydrogen (secondary N) is 1. The molecule has 1 amide bonds. The number of rotatable bonds is 3. The molecule has 0 saturated heterocycles. The maximum atomic E-state index is 11.5. The molecule has 0 aromatic rings. The van der Waals surface area contributed by atoms with Gasteiger partial charge in [0.05, 0.1) is 6.07 Å². The van der Waals surface area contributed by atoms with Gasteiger partial charge in [0.1, 0.15) is 0 Å². The van der Waals surface area contributed by atoms with Gasteiger partial charge in [0.25, 0.3) is 0 Å². The minimum absolute atomic E-state index is 0.0598. The van der Waals surface area contributed by atoms with Gasteiger partial charge in [0, 0.05) is 17.5 Å². The summed E-state index contributed by atoms with van der Waals surface area (Å²) >= 11 is 0. The van der Waals surface area contributed by atoms with Crippen LogP contribution in [0.25, 0.3) is 0 Å².